The second kappa shape index (κ2) is 6.12. The monoisotopic (exact) mass is 347 g/mol. The van der Waals surface area contributed by atoms with E-state index >= 15 is 0 Å². The molecule has 0 bridgehead atoms. The van der Waals surface area contributed by atoms with Crippen molar-refractivity contribution in [2.75, 3.05) is 24.5 Å². The van der Waals surface area contributed by atoms with Gasteiger partial charge in [0.05, 0.1) is 11.3 Å². The Labute approximate surface area is 151 Å². The van der Waals surface area contributed by atoms with E-state index in [1.807, 2.05) is 24.3 Å². The second-order valence-corrected chi connectivity index (χ2v) is 7.32. The number of carbonyl (C=O) groups excluding carboxylic acids is 1. The number of H-pyrrole nitrogens is 1. The summed E-state index contributed by atoms with van der Waals surface area (Å²) in [7, 11) is 0. The molecule has 3 heterocycles. The molecule has 1 aliphatic heterocycles. The van der Waals surface area contributed by atoms with Crippen molar-refractivity contribution in [1.82, 2.24) is 20.5 Å². The van der Waals surface area contributed by atoms with Crippen LogP contribution in [-0.2, 0) is 0 Å². The van der Waals surface area contributed by atoms with Gasteiger partial charge in [-0.15, -0.1) is 5.10 Å². The number of fused-ring (bicyclic) bond motifs is 1. The Kier molecular flexibility index (Phi) is 3.62. The lowest BCUT2D eigenvalue weighted by Crippen LogP contribution is -2.51. The lowest BCUT2D eigenvalue weighted by Gasteiger charge is -2.39. The van der Waals surface area contributed by atoms with Crippen LogP contribution >= 0.6 is 0 Å². The minimum Gasteiger partial charge on any atom is -0.360 e. The van der Waals surface area contributed by atoms with Crippen molar-refractivity contribution in [3.05, 3.63) is 53.9 Å². The van der Waals surface area contributed by atoms with E-state index in [0.717, 1.165) is 35.5 Å². The van der Waals surface area contributed by atoms with E-state index in [4.69, 9.17) is 0 Å². The summed E-state index contributed by atoms with van der Waals surface area (Å²) in [6.45, 7) is 2.50. The first kappa shape index (κ1) is 15.4. The molecule has 0 radical (unpaired) electrons. The Morgan fingerprint density at radius 1 is 1.15 bits per heavy atom. The highest BCUT2D eigenvalue weighted by Crippen LogP contribution is 2.38. The van der Waals surface area contributed by atoms with Gasteiger partial charge in [-0.2, -0.15) is 5.10 Å². The maximum atomic E-state index is 12.5. The van der Waals surface area contributed by atoms with E-state index in [1.165, 1.54) is 12.8 Å². The van der Waals surface area contributed by atoms with Gasteiger partial charge in [0.2, 0.25) is 0 Å². The molecule has 0 unspecified atom stereocenters. The molecule has 1 aromatic carbocycles. The van der Waals surface area contributed by atoms with Crippen molar-refractivity contribution in [1.29, 1.82) is 0 Å². The van der Waals surface area contributed by atoms with Crippen LogP contribution in [-0.4, -0.2) is 40.7 Å². The molecular formula is C20H21N5O. The number of carbonyl (C=O) groups is 1. The molecule has 1 aliphatic carbocycles. The van der Waals surface area contributed by atoms with Crippen LogP contribution < -0.4 is 10.2 Å². The molecule has 1 saturated carbocycles. The molecule has 3 aromatic rings. The number of para-hydroxylation sites is 1. The summed E-state index contributed by atoms with van der Waals surface area (Å²) in [5.41, 5.74) is 2.82. The van der Waals surface area contributed by atoms with Gasteiger partial charge in [0.1, 0.15) is 0 Å². The summed E-state index contributed by atoms with van der Waals surface area (Å²) >= 11 is 0. The predicted octanol–water partition coefficient (Wildman–Crippen LogP) is 2.70. The molecule has 2 aliphatic rings. The lowest BCUT2D eigenvalue weighted by molar-refractivity contribution is 0.0946. The first-order valence-electron chi connectivity index (χ1n) is 9.21. The fourth-order valence-electron chi connectivity index (χ4n) is 3.58. The van der Waals surface area contributed by atoms with E-state index in [1.54, 1.807) is 6.20 Å². The number of anilines is 1. The molecule has 0 atom stereocenters. The smallest absolute Gasteiger partial charge is 0.253 e. The van der Waals surface area contributed by atoms with Crippen molar-refractivity contribution >= 4 is 22.6 Å². The van der Waals surface area contributed by atoms with Crippen molar-refractivity contribution in [3.63, 3.8) is 0 Å². The van der Waals surface area contributed by atoms with Gasteiger partial charge in [-0.05, 0) is 31.0 Å². The van der Waals surface area contributed by atoms with Crippen LogP contribution in [0.25, 0.3) is 10.9 Å². The Balaban J connectivity index is 1.14. The number of hydrogen-bond donors (Lipinski definition) is 2. The van der Waals surface area contributed by atoms with Crippen LogP contribution in [0, 0.1) is 5.92 Å². The molecule has 1 saturated heterocycles. The van der Waals surface area contributed by atoms with Crippen molar-refractivity contribution in [3.8, 4) is 0 Å². The summed E-state index contributed by atoms with van der Waals surface area (Å²) in [6, 6.07) is 12.0. The molecule has 26 heavy (non-hydrogen) atoms. The SMILES string of the molecule is O=C(NCC1CN(c2ccc(C3CC3)nn2)C1)c1c[nH]c2ccccc12. The fourth-order valence-corrected chi connectivity index (χ4v) is 3.58. The average Bonchev–Trinajstić information content (AvgIpc) is 3.39. The van der Waals surface area contributed by atoms with Gasteiger partial charge in [-0.3, -0.25) is 4.79 Å². The third-order valence-electron chi connectivity index (χ3n) is 5.33. The molecule has 2 fully saturated rings. The number of aromatic amines is 1. The molecule has 0 spiro atoms. The zero-order valence-electron chi connectivity index (χ0n) is 14.5. The van der Waals surface area contributed by atoms with Gasteiger partial charge in [0.25, 0.3) is 5.91 Å². The number of amides is 1. The lowest BCUT2D eigenvalue weighted by atomic mass is 10.00. The van der Waals surface area contributed by atoms with E-state index < -0.39 is 0 Å². The highest BCUT2D eigenvalue weighted by molar-refractivity contribution is 6.06. The first-order chi connectivity index (χ1) is 12.8. The van der Waals surface area contributed by atoms with E-state index in [2.05, 4.69) is 37.5 Å². The standard InChI is InChI=1S/C20H21N5O/c26-20(16-10-21-18-4-2-1-3-15(16)18)22-9-13-11-25(12-13)19-8-7-17(23-24-19)14-5-6-14/h1-4,7-8,10,13-14,21H,5-6,9,11-12H2,(H,22,26). The number of hydrogen-bond acceptors (Lipinski definition) is 4. The third kappa shape index (κ3) is 2.81. The quantitative estimate of drug-likeness (QED) is 0.744. The molecular weight excluding hydrogens is 326 g/mol. The highest BCUT2D eigenvalue weighted by atomic mass is 16.1. The van der Waals surface area contributed by atoms with Gasteiger partial charge in [0, 0.05) is 48.6 Å². The Morgan fingerprint density at radius 2 is 2.00 bits per heavy atom. The van der Waals surface area contributed by atoms with Crippen molar-refractivity contribution < 1.29 is 4.79 Å². The van der Waals surface area contributed by atoms with E-state index in [0.29, 0.717) is 23.9 Å². The summed E-state index contributed by atoms with van der Waals surface area (Å²) in [5, 5.41) is 12.7. The zero-order valence-corrected chi connectivity index (χ0v) is 14.5. The van der Waals surface area contributed by atoms with Crippen LogP contribution in [0.2, 0.25) is 0 Å². The first-order valence-corrected chi connectivity index (χ1v) is 9.21. The van der Waals surface area contributed by atoms with Crippen LogP contribution in [0.15, 0.2) is 42.6 Å². The molecule has 6 nitrogen and oxygen atoms in total. The van der Waals surface area contributed by atoms with Gasteiger partial charge >= 0.3 is 0 Å². The van der Waals surface area contributed by atoms with Gasteiger partial charge < -0.3 is 15.2 Å². The molecule has 6 heteroatoms. The van der Waals surface area contributed by atoms with Crippen molar-refractivity contribution in [2.24, 2.45) is 5.92 Å². The highest BCUT2D eigenvalue weighted by Gasteiger charge is 2.30. The zero-order chi connectivity index (χ0) is 17.5. The Morgan fingerprint density at radius 3 is 2.77 bits per heavy atom. The number of rotatable bonds is 5. The number of aromatic nitrogens is 3. The molecule has 5 rings (SSSR count). The molecule has 1 amide bonds. The number of nitrogens with zero attached hydrogens (tertiary/aromatic N) is 3. The molecule has 2 aromatic heterocycles. The Bertz CT molecular complexity index is 938. The molecule has 2 N–H and O–H groups in total. The topological polar surface area (TPSA) is 73.9 Å². The fraction of sp³-hybridized carbons (Fsp3) is 0.350. The maximum Gasteiger partial charge on any atom is 0.253 e. The van der Waals surface area contributed by atoms with E-state index in [-0.39, 0.29) is 5.91 Å². The number of nitrogens with one attached hydrogen (secondary N) is 2. The van der Waals surface area contributed by atoms with Crippen LogP contribution in [0.3, 0.4) is 0 Å². The van der Waals surface area contributed by atoms with Gasteiger partial charge in [-0.25, -0.2) is 0 Å². The van der Waals surface area contributed by atoms with Gasteiger partial charge in [-0.1, -0.05) is 18.2 Å². The van der Waals surface area contributed by atoms with Crippen LogP contribution in [0.5, 0.6) is 0 Å². The molecule has 132 valence electrons. The normalized spacial score (nSPS) is 17.3. The summed E-state index contributed by atoms with van der Waals surface area (Å²) in [4.78, 5) is 17.8. The average molecular weight is 347 g/mol. The Hall–Kier alpha value is -2.89. The maximum absolute atomic E-state index is 12.5. The summed E-state index contributed by atoms with van der Waals surface area (Å²) < 4.78 is 0. The summed E-state index contributed by atoms with van der Waals surface area (Å²) in [5.74, 6) is 2.01. The second-order valence-electron chi connectivity index (χ2n) is 7.32. The van der Waals surface area contributed by atoms with Gasteiger partial charge in [0.15, 0.2) is 5.82 Å². The largest absolute Gasteiger partial charge is 0.360 e. The van der Waals surface area contributed by atoms with E-state index in [9.17, 15) is 4.79 Å². The minimum absolute atomic E-state index is 0.0190. The predicted molar refractivity (Wildman–Crippen MR) is 100 cm³/mol. The minimum atomic E-state index is -0.0190. The van der Waals surface area contributed by atoms with Crippen LogP contribution in [0.4, 0.5) is 5.82 Å². The number of benzene rings is 1. The third-order valence-corrected chi connectivity index (χ3v) is 5.33. The summed E-state index contributed by atoms with van der Waals surface area (Å²) in [6.07, 6.45) is 4.27. The van der Waals surface area contributed by atoms with Crippen molar-refractivity contribution in [2.45, 2.75) is 18.8 Å². The van der Waals surface area contributed by atoms with Crippen LogP contribution in [0.1, 0.15) is 34.8 Å².